The van der Waals surface area contributed by atoms with Crippen LogP contribution in [0.5, 0.6) is 0 Å². The molecule has 0 radical (unpaired) electrons. The minimum Gasteiger partial charge on any atom is -0.423 e. The number of hydrogen-bond donors (Lipinski definition) is 1. The minimum atomic E-state index is -0.150. The molecular formula is C16H14N6O2. The van der Waals surface area contributed by atoms with E-state index in [9.17, 15) is 4.79 Å². The summed E-state index contributed by atoms with van der Waals surface area (Å²) < 4.78 is 7.38. The number of nitrogens with zero attached hydrogens (tertiary/aromatic N) is 5. The number of nitrogens with one attached hydrogen (secondary N) is 1. The lowest BCUT2D eigenvalue weighted by molar-refractivity contribution is 0.449. The van der Waals surface area contributed by atoms with Crippen LogP contribution in [0.25, 0.3) is 22.1 Å². The molecule has 1 aromatic carbocycles. The van der Waals surface area contributed by atoms with Gasteiger partial charge < -0.3 is 14.3 Å². The van der Waals surface area contributed by atoms with Gasteiger partial charge in [0, 0.05) is 20.1 Å². The number of benzene rings is 1. The van der Waals surface area contributed by atoms with Crippen LogP contribution in [0.3, 0.4) is 0 Å². The van der Waals surface area contributed by atoms with Crippen molar-refractivity contribution in [2.24, 2.45) is 7.05 Å². The molecule has 4 aromatic rings. The van der Waals surface area contributed by atoms with E-state index in [0.29, 0.717) is 36.0 Å². The highest BCUT2D eigenvalue weighted by atomic mass is 16.4. The van der Waals surface area contributed by atoms with Gasteiger partial charge in [0.15, 0.2) is 11.2 Å². The molecule has 0 saturated carbocycles. The van der Waals surface area contributed by atoms with Crippen molar-refractivity contribution >= 4 is 28.1 Å². The topological polar surface area (TPSA) is 92.8 Å². The van der Waals surface area contributed by atoms with Crippen molar-refractivity contribution in [1.82, 2.24) is 24.7 Å². The molecule has 120 valence electrons. The molecule has 1 aliphatic heterocycles. The van der Waals surface area contributed by atoms with Crippen LogP contribution >= 0.6 is 0 Å². The first-order valence-corrected chi connectivity index (χ1v) is 7.71. The first-order chi connectivity index (χ1) is 11.7. The molecule has 0 amide bonds. The molecule has 0 unspecified atom stereocenters. The van der Waals surface area contributed by atoms with Gasteiger partial charge in [0.1, 0.15) is 16.7 Å². The molecule has 4 heterocycles. The fourth-order valence-corrected chi connectivity index (χ4v) is 3.05. The lowest BCUT2D eigenvalue weighted by atomic mass is 10.00. The summed E-state index contributed by atoms with van der Waals surface area (Å²) in [6.07, 6.45) is 1.54. The lowest BCUT2D eigenvalue weighted by Crippen LogP contribution is -2.46. The number of rotatable bonds is 2. The van der Waals surface area contributed by atoms with E-state index in [1.54, 1.807) is 11.7 Å². The Kier molecular flexibility index (Phi) is 2.59. The largest absolute Gasteiger partial charge is 0.423 e. The van der Waals surface area contributed by atoms with Crippen LogP contribution in [0.15, 0.2) is 39.7 Å². The van der Waals surface area contributed by atoms with E-state index in [1.807, 2.05) is 29.2 Å². The van der Waals surface area contributed by atoms with E-state index in [0.717, 1.165) is 11.1 Å². The van der Waals surface area contributed by atoms with Crippen molar-refractivity contribution in [3.05, 3.63) is 46.6 Å². The molecule has 1 N–H and O–H groups in total. The Labute approximate surface area is 135 Å². The summed E-state index contributed by atoms with van der Waals surface area (Å²) in [5.41, 5.74) is 2.08. The molecule has 8 nitrogen and oxygen atoms in total. The fraction of sp³-hybridized carbons (Fsp3) is 0.250. The Hall–Kier alpha value is -3.16. The van der Waals surface area contributed by atoms with E-state index in [-0.39, 0.29) is 11.5 Å². The molecular weight excluding hydrogens is 308 g/mol. The summed E-state index contributed by atoms with van der Waals surface area (Å²) in [6, 6.07) is 8.30. The molecule has 3 aromatic heterocycles. The third-order valence-electron chi connectivity index (χ3n) is 4.44. The molecule has 0 aliphatic carbocycles. The Balaban J connectivity index is 1.43. The van der Waals surface area contributed by atoms with Crippen LogP contribution < -0.4 is 10.5 Å². The number of oxazole rings is 1. The van der Waals surface area contributed by atoms with E-state index >= 15 is 0 Å². The number of para-hydroxylation sites is 2. The van der Waals surface area contributed by atoms with Crippen LogP contribution in [-0.4, -0.2) is 37.8 Å². The number of aryl methyl sites for hydroxylation is 1. The standard InChI is InChI=1S/C16H14N6O2/c1-21-14-10(6-17-21)15(23)20-13(19-14)9-7-22(8-9)16-18-11-4-2-3-5-12(11)24-16/h2-6,9H,7-8H2,1H3,(H,19,20,23). The molecule has 0 spiro atoms. The minimum absolute atomic E-state index is 0.145. The number of hydrogen-bond acceptors (Lipinski definition) is 6. The second-order valence-electron chi connectivity index (χ2n) is 6.02. The van der Waals surface area contributed by atoms with Gasteiger partial charge in [0.25, 0.3) is 11.6 Å². The zero-order chi connectivity index (χ0) is 16.3. The number of aromatic nitrogens is 5. The van der Waals surface area contributed by atoms with Gasteiger partial charge in [-0.25, -0.2) is 4.98 Å². The maximum absolute atomic E-state index is 12.1. The average Bonchev–Trinajstić information content (AvgIpc) is 3.10. The highest BCUT2D eigenvalue weighted by Crippen LogP contribution is 2.31. The average molecular weight is 322 g/mol. The molecule has 1 aliphatic rings. The summed E-state index contributed by atoms with van der Waals surface area (Å²) in [6.45, 7) is 1.41. The molecule has 1 fully saturated rings. The zero-order valence-corrected chi connectivity index (χ0v) is 12.9. The first kappa shape index (κ1) is 13.3. The van der Waals surface area contributed by atoms with Gasteiger partial charge in [-0.15, -0.1) is 0 Å². The van der Waals surface area contributed by atoms with Gasteiger partial charge in [-0.3, -0.25) is 9.48 Å². The van der Waals surface area contributed by atoms with Crippen molar-refractivity contribution in [3.8, 4) is 0 Å². The van der Waals surface area contributed by atoms with Crippen LogP contribution in [-0.2, 0) is 7.05 Å². The number of fused-ring (bicyclic) bond motifs is 2. The third-order valence-corrected chi connectivity index (χ3v) is 4.44. The lowest BCUT2D eigenvalue weighted by Gasteiger charge is -2.37. The molecule has 1 saturated heterocycles. The van der Waals surface area contributed by atoms with E-state index < -0.39 is 0 Å². The van der Waals surface area contributed by atoms with Gasteiger partial charge in [-0.05, 0) is 12.1 Å². The Morgan fingerprint density at radius 2 is 2.08 bits per heavy atom. The summed E-state index contributed by atoms with van der Waals surface area (Å²) in [5, 5.41) is 4.60. The van der Waals surface area contributed by atoms with Crippen molar-refractivity contribution in [3.63, 3.8) is 0 Å². The third kappa shape index (κ3) is 1.86. The van der Waals surface area contributed by atoms with Crippen molar-refractivity contribution in [2.45, 2.75) is 5.92 Å². The van der Waals surface area contributed by atoms with Crippen LogP contribution in [0, 0.1) is 0 Å². The van der Waals surface area contributed by atoms with Crippen molar-refractivity contribution in [2.75, 3.05) is 18.0 Å². The molecule has 0 atom stereocenters. The Morgan fingerprint density at radius 3 is 2.92 bits per heavy atom. The fourth-order valence-electron chi connectivity index (χ4n) is 3.05. The Morgan fingerprint density at radius 1 is 1.25 bits per heavy atom. The quantitative estimate of drug-likeness (QED) is 0.600. The summed E-state index contributed by atoms with van der Waals surface area (Å²) in [5.74, 6) is 0.829. The SMILES string of the molecule is Cn1ncc2c(=O)[nH]c(C3CN(c4nc5ccccc5o4)C3)nc21. The van der Waals surface area contributed by atoms with Crippen LogP contribution in [0.2, 0.25) is 0 Å². The Bertz CT molecular complexity index is 1090. The van der Waals surface area contributed by atoms with E-state index in [1.165, 1.54) is 6.20 Å². The normalized spacial score (nSPS) is 15.3. The second kappa shape index (κ2) is 4.67. The summed E-state index contributed by atoms with van der Waals surface area (Å²) in [4.78, 5) is 26.1. The van der Waals surface area contributed by atoms with Gasteiger partial charge >= 0.3 is 0 Å². The van der Waals surface area contributed by atoms with Gasteiger partial charge in [-0.1, -0.05) is 12.1 Å². The number of H-pyrrole nitrogens is 1. The van der Waals surface area contributed by atoms with E-state index in [2.05, 4.69) is 20.1 Å². The predicted molar refractivity (Wildman–Crippen MR) is 88.1 cm³/mol. The van der Waals surface area contributed by atoms with E-state index in [4.69, 9.17) is 4.42 Å². The van der Waals surface area contributed by atoms with Crippen molar-refractivity contribution < 1.29 is 4.42 Å². The van der Waals surface area contributed by atoms with Gasteiger partial charge in [0.05, 0.1) is 12.1 Å². The highest BCUT2D eigenvalue weighted by molar-refractivity contribution is 5.75. The second-order valence-corrected chi connectivity index (χ2v) is 6.02. The predicted octanol–water partition coefficient (Wildman–Crippen LogP) is 1.40. The molecule has 5 rings (SSSR count). The molecule has 24 heavy (non-hydrogen) atoms. The summed E-state index contributed by atoms with van der Waals surface area (Å²) in [7, 11) is 1.78. The maximum Gasteiger partial charge on any atom is 0.298 e. The van der Waals surface area contributed by atoms with Gasteiger partial charge in [0.2, 0.25) is 0 Å². The first-order valence-electron chi connectivity index (χ1n) is 7.71. The molecule has 8 heteroatoms. The monoisotopic (exact) mass is 322 g/mol. The smallest absolute Gasteiger partial charge is 0.298 e. The zero-order valence-electron chi connectivity index (χ0n) is 12.9. The van der Waals surface area contributed by atoms with Gasteiger partial charge in [-0.2, -0.15) is 10.1 Å². The highest BCUT2D eigenvalue weighted by Gasteiger charge is 2.33. The number of anilines is 1. The van der Waals surface area contributed by atoms with Crippen LogP contribution in [0.1, 0.15) is 11.7 Å². The maximum atomic E-state index is 12.1. The van der Waals surface area contributed by atoms with Crippen molar-refractivity contribution in [1.29, 1.82) is 0 Å². The number of aromatic amines is 1. The summed E-state index contributed by atoms with van der Waals surface area (Å²) >= 11 is 0. The molecule has 0 bridgehead atoms. The van der Waals surface area contributed by atoms with Crippen LogP contribution in [0.4, 0.5) is 6.01 Å².